The number of aryl methyl sites for hydroxylation is 1. The molecule has 1 aliphatic carbocycles. The SMILES string of the molecule is CC(C)n1cnc2c(c1=O)[C@@H](Cc1cccc(-c3ccccc3)c1F)[C@@H](NC(=O)OC(C)(C)C)CC2. The third kappa shape index (κ3) is 5.50. The molecule has 2 atom stereocenters. The normalized spacial score (nSPS) is 17.5. The zero-order valence-electron chi connectivity index (χ0n) is 21.5. The van der Waals surface area contributed by atoms with Gasteiger partial charge >= 0.3 is 6.09 Å². The summed E-state index contributed by atoms with van der Waals surface area (Å²) in [6.07, 6.45) is 2.41. The van der Waals surface area contributed by atoms with Crippen molar-refractivity contribution in [1.29, 1.82) is 0 Å². The zero-order chi connectivity index (χ0) is 26.0. The first-order valence-electron chi connectivity index (χ1n) is 12.5. The van der Waals surface area contributed by atoms with Crippen LogP contribution in [0.2, 0.25) is 0 Å². The summed E-state index contributed by atoms with van der Waals surface area (Å²) in [6, 6.07) is 14.2. The molecule has 1 aliphatic rings. The Morgan fingerprint density at radius 2 is 1.89 bits per heavy atom. The summed E-state index contributed by atoms with van der Waals surface area (Å²) in [5.74, 6) is -0.770. The van der Waals surface area contributed by atoms with E-state index in [2.05, 4.69) is 10.3 Å². The van der Waals surface area contributed by atoms with Gasteiger partial charge in [0.2, 0.25) is 0 Å². The van der Waals surface area contributed by atoms with Crippen molar-refractivity contribution in [2.45, 2.75) is 77.5 Å². The highest BCUT2D eigenvalue weighted by atomic mass is 19.1. The number of alkyl carbamates (subject to hydrolysis) is 1. The van der Waals surface area contributed by atoms with Gasteiger partial charge in [-0.2, -0.15) is 0 Å². The van der Waals surface area contributed by atoms with E-state index >= 15 is 4.39 Å². The Kier molecular flexibility index (Phi) is 7.29. The fraction of sp³-hybridized carbons (Fsp3) is 0.414. The van der Waals surface area contributed by atoms with Crippen LogP contribution in [0.15, 0.2) is 59.7 Å². The van der Waals surface area contributed by atoms with E-state index in [-0.39, 0.29) is 23.8 Å². The molecule has 0 aliphatic heterocycles. The summed E-state index contributed by atoms with van der Waals surface area (Å²) in [7, 11) is 0. The summed E-state index contributed by atoms with van der Waals surface area (Å²) in [6.45, 7) is 9.25. The lowest BCUT2D eigenvalue weighted by Gasteiger charge is -2.34. The molecule has 0 saturated carbocycles. The van der Waals surface area contributed by atoms with Gasteiger partial charge in [-0.3, -0.25) is 9.36 Å². The molecule has 6 nitrogen and oxygen atoms in total. The number of benzene rings is 2. The molecule has 1 N–H and O–H groups in total. The molecule has 190 valence electrons. The van der Waals surface area contributed by atoms with Crippen LogP contribution in [0.1, 0.15) is 69.8 Å². The number of aromatic nitrogens is 2. The fourth-order valence-corrected chi connectivity index (χ4v) is 4.84. The lowest BCUT2D eigenvalue weighted by Crippen LogP contribution is -2.47. The quantitative estimate of drug-likeness (QED) is 0.490. The monoisotopic (exact) mass is 491 g/mol. The number of nitrogens with zero attached hydrogens (tertiary/aromatic N) is 2. The number of ether oxygens (including phenoxy) is 1. The Bertz CT molecular complexity index is 1300. The van der Waals surface area contributed by atoms with E-state index in [1.54, 1.807) is 43.8 Å². The van der Waals surface area contributed by atoms with Crippen LogP contribution >= 0.6 is 0 Å². The Labute approximate surface area is 211 Å². The van der Waals surface area contributed by atoms with E-state index in [1.165, 1.54) is 0 Å². The highest BCUT2D eigenvalue weighted by molar-refractivity contribution is 5.68. The van der Waals surface area contributed by atoms with Crippen LogP contribution in [0.3, 0.4) is 0 Å². The summed E-state index contributed by atoms with van der Waals surface area (Å²) in [4.78, 5) is 30.9. The van der Waals surface area contributed by atoms with E-state index in [9.17, 15) is 9.59 Å². The van der Waals surface area contributed by atoms with Crippen molar-refractivity contribution in [2.75, 3.05) is 0 Å². The average molecular weight is 492 g/mol. The molecule has 1 heterocycles. The van der Waals surface area contributed by atoms with Gasteiger partial charge in [0.25, 0.3) is 5.56 Å². The smallest absolute Gasteiger partial charge is 0.407 e. The predicted octanol–water partition coefficient (Wildman–Crippen LogP) is 5.80. The maximum atomic E-state index is 15.8. The fourth-order valence-electron chi connectivity index (χ4n) is 4.84. The van der Waals surface area contributed by atoms with Gasteiger partial charge < -0.3 is 10.1 Å². The molecule has 4 rings (SSSR count). The molecule has 0 radical (unpaired) electrons. The minimum Gasteiger partial charge on any atom is -0.444 e. The number of nitrogens with one attached hydrogen (secondary N) is 1. The molecule has 1 aromatic heterocycles. The van der Waals surface area contributed by atoms with E-state index in [0.717, 1.165) is 5.56 Å². The van der Waals surface area contributed by atoms with E-state index in [4.69, 9.17) is 4.74 Å². The summed E-state index contributed by atoms with van der Waals surface area (Å²) < 4.78 is 22.9. The van der Waals surface area contributed by atoms with Crippen LogP contribution in [0.5, 0.6) is 0 Å². The second-order valence-electron chi connectivity index (χ2n) is 10.7. The maximum absolute atomic E-state index is 15.8. The van der Waals surface area contributed by atoms with Crippen LogP contribution in [0, 0.1) is 5.82 Å². The van der Waals surface area contributed by atoms with Gasteiger partial charge in [-0.1, -0.05) is 48.5 Å². The predicted molar refractivity (Wildman–Crippen MR) is 139 cm³/mol. The number of fused-ring (bicyclic) bond motifs is 1. The minimum absolute atomic E-state index is 0.0757. The molecule has 0 bridgehead atoms. The van der Waals surface area contributed by atoms with Crippen molar-refractivity contribution in [1.82, 2.24) is 14.9 Å². The number of rotatable bonds is 5. The number of hydrogen-bond donors (Lipinski definition) is 1. The van der Waals surface area contributed by atoms with Crippen molar-refractivity contribution in [3.05, 3.63) is 87.9 Å². The molecule has 0 spiro atoms. The Balaban J connectivity index is 1.76. The maximum Gasteiger partial charge on any atom is 0.407 e. The zero-order valence-corrected chi connectivity index (χ0v) is 21.5. The van der Waals surface area contributed by atoms with Crippen molar-refractivity contribution >= 4 is 6.09 Å². The van der Waals surface area contributed by atoms with Gasteiger partial charge in [-0.25, -0.2) is 14.2 Å². The minimum atomic E-state index is -0.659. The van der Waals surface area contributed by atoms with Crippen LogP contribution in [-0.4, -0.2) is 27.3 Å². The van der Waals surface area contributed by atoms with Crippen LogP contribution in [0.4, 0.5) is 9.18 Å². The van der Waals surface area contributed by atoms with Gasteiger partial charge in [0.15, 0.2) is 0 Å². The van der Waals surface area contributed by atoms with Gasteiger partial charge in [0, 0.05) is 29.1 Å². The Hall–Kier alpha value is -3.48. The lowest BCUT2D eigenvalue weighted by atomic mass is 9.78. The first-order chi connectivity index (χ1) is 17.0. The van der Waals surface area contributed by atoms with Crippen molar-refractivity contribution in [2.24, 2.45) is 0 Å². The molecule has 0 unspecified atom stereocenters. The number of carbonyl (C=O) groups is 1. The van der Waals surface area contributed by atoms with Gasteiger partial charge in [-0.15, -0.1) is 0 Å². The first-order valence-corrected chi connectivity index (χ1v) is 12.5. The number of halogens is 1. The first kappa shape index (κ1) is 25.6. The molecule has 1 amide bonds. The number of hydrogen-bond acceptors (Lipinski definition) is 4. The molecular formula is C29H34FN3O3. The summed E-state index contributed by atoms with van der Waals surface area (Å²) >= 11 is 0. The topological polar surface area (TPSA) is 73.2 Å². The third-order valence-electron chi connectivity index (χ3n) is 6.52. The van der Waals surface area contributed by atoms with Gasteiger partial charge in [0.05, 0.1) is 12.0 Å². The molecule has 7 heteroatoms. The molecule has 2 aromatic carbocycles. The standard InChI is InChI=1S/C29H34FN3O3/c1-18(2)33-17-31-24-15-14-23(32-28(35)36-29(3,4)5)22(25(24)27(33)34)16-20-12-9-13-21(26(20)30)19-10-7-6-8-11-19/h6-13,17-18,22-23H,14-16H2,1-5H3,(H,32,35)/t22-,23-/m0/s1. The van der Waals surface area contributed by atoms with E-state index in [0.29, 0.717) is 35.2 Å². The Morgan fingerprint density at radius 3 is 2.56 bits per heavy atom. The van der Waals surface area contributed by atoms with Crippen molar-refractivity contribution in [3.63, 3.8) is 0 Å². The molecule has 36 heavy (non-hydrogen) atoms. The Morgan fingerprint density at radius 1 is 1.17 bits per heavy atom. The van der Waals surface area contributed by atoms with E-state index in [1.807, 2.05) is 50.2 Å². The van der Waals surface area contributed by atoms with Gasteiger partial charge in [-0.05, 0) is 65.0 Å². The largest absolute Gasteiger partial charge is 0.444 e. The summed E-state index contributed by atoms with van der Waals surface area (Å²) in [5, 5.41) is 2.97. The molecular weight excluding hydrogens is 457 g/mol. The molecule has 3 aromatic rings. The van der Waals surface area contributed by atoms with Crippen molar-refractivity contribution in [3.8, 4) is 11.1 Å². The second-order valence-corrected chi connectivity index (χ2v) is 10.7. The lowest BCUT2D eigenvalue weighted by molar-refractivity contribution is 0.0490. The molecule has 0 saturated heterocycles. The second kappa shape index (κ2) is 10.2. The third-order valence-corrected chi connectivity index (χ3v) is 6.52. The average Bonchev–Trinajstić information content (AvgIpc) is 2.81. The van der Waals surface area contributed by atoms with E-state index < -0.39 is 23.7 Å². The highest BCUT2D eigenvalue weighted by Gasteiger charge is 2.36. The molecule has 0 fully saturated rings. The van der Waals surface area contributed by atoms with Crippen LogP contribution in [0.25, 0.3) is 11.1 Å². The summed E-state index contributed by atoms with van der Waals surface area (Å²) in [5.41, 5.74) is 2.24. The number of carbonyl (C=O) groups excluding carboxylic acids is 1. The van der Waals surface area contributed by atoms with Crippen LogP contribution in [-0.2, 0) is 17.6 Å². The number of amides is 1. The van der Waals surface area contributed by atoms with Crippen LogP contribution < -0.4 is 10.9 Å². The highest BCUT2D eigenvalue weighted by Crippen LogP contribution is 2.34. The van der Waals surface area contributed by atoms with Crippen molar-refractivity contribution < 1.29 is 13.9 Å². The van der Waals surface area contributed by atoms with Gasteiger partial charge in [0.1, 0.15) is 11.4 Å².